The monoisotopic (exact) mass is 206 g/mol. The molecular weight excluding hydrogens is 191 g/mol. The van der Waals surface area contributed by atoms with E-state index in [1.54, 1.807) is 6.92 Å². The number of nitrogens with two attached hydrogens (primary N) is 1. The zero-order valence-electron chi connectivity index (χ0n) is 9.76. The number of ether oxygens (including phenoxy) is 1. The van der Waals surface area contributed by atoms with Gasteiger partial charge in [0.1, 0.15) is 0 Å². The smallest absolute Gasteiger partial charge is 0.475 e. The minimum Gasteiger partial charge on any atom is -0.475 e. The van der Waals surface area contributed by atoms with Gasteiger partial charge < -0.3 is 15.6 Å². The number of alkyl halides is 3. The molecule has 0 rings (SSSR count). The van der Waals surface area contributed by atoms with Gasteiger partial charge in [-0.1, -0.05) is 0 Å². The maximum Gasteiger partial charge on any atom is 0.490 e. The highest BCUT2D eigenvalue weighted by Gasteiger charge is 2.38. The molecule has 0 spiro atoms. The van der Waals surface area contributed by atoms with Gasteiger partial charge in [0.25, 0.3) is 0 Å². The molecule has 0 radical (unpaired) electrons. The van der Waals surface area contributed by atoms with Crippen molar-refractivity contribution >= 4 is 5.97 Å². The second-order valence-corrected chi connectivity index (χ2v) is 2.09. The first kappa shape index (κ1) is 8.76. The molecule has 0 heterocycles. The fourth-order valence-electron chi connectivity index (χ4n) is 0.131. The largest absolute Gasteiger partial charge is 0.490 e. The lowest BCUT2D eigenvalue weighted by Gasteiger charge is -1.98. The molecule has 0 amide bonds. The topological polar surface area (TPSA) is 72.5 Å². The molecule has 13 heavy (non-hydrogen) atoms. The minimum atomic E-state index is -5.08. The molecule has 0 saturated heterocycles. The van der Waals surface area contributed by atoms with Gasteiger partial charge in [0.15, 0.2) is 0 Å². The van der Waals surface area contributed by atoms with E-state index in [1.165, 1.54) is 0 Å². The Morgan fingerprint density at radius 2 is 2.15 bits per heavy atom. The molecule has 1 atom stereocenters. The Morgan fingerprint density at radius 1 is 1.77 bits per heavy atom. The third-order valence-electron chi connectivity index (χ3n) is 0.589. The third kappa shape index (κ3) is 14.1. The molecular formula is C6H12F3NO3. The van der Waals surface area contributed by atoms with Crippen LogP contribution < -0.4 is 5.73 Å². The first-order valence-electron chi connectivity index (χ1n) is 4.56. The van der Waals surface area contributed by atoms with E-state index in [-0.39, 0.29) is 12.6 Å². The summed E-state index contributed by atoms with van der Waals surface area (Å²) in [6.45, 7) is 1.77. The minimum absolute atomic E-state index is 0.0799. The van der Waals surface area contributed by atoms with Crippen molar-refractivity contribution in [2.24, 2.45) is 5.73 Å². The second kappa shape index (κ2) is 6.67. The molecule has 0 unspecified atom stereocenters. The summed E-state index contributed by atoms with van der Waals surface area (Å²) in [6.07, 6.45) is -5.08. The van der Waals surface area contributed by atoms with Crippen LogP contribution in [0.25, 0.3) is 0 Å². The average Bonchev–Trinajstić information content (AvgIpc) is 1.99. The van der Waals surface area contributed by atoms with Gasteiger partial charge in [0, 0.05) is 13.1 Å². The maximum atomic E-state index is 10.6. The van der Waals surface area contributed by atoms with Crippen molar-refractivity contribution in [3.05, 3.63) is 0 Å². The van der Waals surface area contributed by atoms with E-state index in [2.05, 4.69) is 4.74 Å². The predicted octanol–water partition coefficient (Wildman–Crippen LogP) is 0.613. The van der Waals surface area contributed by atoms with Gasteiger partial charge in [-0.05, 0) is 6.92 Å². The summed E-state index contributed by atoms with van der Waals surface area (Å²) in [5.41, 5.74) is 5.22. The zero-order valence-corrected chi connectivity index (χ0v) is 6.76. The van der Waals surface area contributed by atoms with Crippen LogP contribution in [0.1, 0.15) is 11.0 Å². The second-order valence-electron chi connectivity index (χ2n) is 2.09. The first-order valence-corrected chi connectivity index (χ1v) is 3.06. The fraction of sp³-hybridized carbons (Fsp3) is 0.833. The Labute approximate surface area is 77.7 Å². The van der Waals surface area contributed by atoms with E-state index in [4.69, 9.17) is 19.7 Å². The van der Waals surface area contributed by atoms with Gasteiger partial charge in [-0.25, -0.2) is 4.79 Å². The number of hydrogen-bond acceptors (Lipinski definition) is 3. The molecule has 0 bridgehead atoms. The molecule has 0 fully saturated rings. The van der Waals surface area contributed by atoms with Crippen LogP contribution in [0.3, 0.4) is 0 Å². The van der Waals surface area contributed by atoms with E-state index < -0.39 is 19.2 Å². The summed E-state index contributed by atoms with van der Waals surface area (Å²) in [5, 5.41) is 7.12. The van der Waals surface area contributed by atoms with Gasteiger partial charge >= 0.3 is 12.1 Å². The van der Waals surface area contributed by atoms with E-state index >= 15 is 0 Å². The molecule has 7 heteroatoms. The lowest BCUT2D eigenvalue weighted by Crippen LogP contribution is -2.21. The third-order valence-corrected chi connectivity index (χ3v) is 0.589. The molecule has 0 aliphatic rings. The normalized spacial score (nSPS) is 17.2. The number of carbonyl (C=O) groups is 1. The van der Waals surface area contributed by atoms with Crippen molar-refractivity contribution < 1.29 is 31.9 Å². The highest BCUT2D eigenvalue weighted by Crippen LogP contribution is 2.13. The van der Waals surface area contributed by atoms with Gasteiger partial charge in [-0.3, -0.25) is 0 Å². The highest BCUT2D eigenvalue weighted by molar-refractivity contribution is 5.73. The summed E-state index contributed by atoms with van der Waals surface area (Å²) < 4.78 is 55.8. The number of carboxylic acid groups (broad SMARTS) is 1. The number of aliphatic carboxylic acids is 1. The van der Waals surface area contributed by atoms with Crippen LogP contribution in [-0.2, 0) is 9.53 Å². The van der Waals surface area contributed by atoms with Crippen molar-refractivity contribution in [3.8, 4) is 0 Å². The lowest BCUT2D eigenvalue weighted by molar-refractivity contribution is -0.192. The Balaban J connectivity index is 0. The Kier molecular flexibility index (Phi) is 4.50. The summed E-state index contributed by atoms with van der Waals surface area (Å²) in [5.74, 6) is -2.76. The molecule has 0 aromatic heterocycles. The summed E-state index contributed by atoms with van der Waals surface area (Å²) >= 11 is 0. The zero-order chi connectivity index (χ0) is 13.6. The van der Waals surface area contributed by atoms with Gasteiger partial charge in [-0.2, -0.15) is 13.2 Å². The molecule has 0 saturated carbocycles. The van der Waals surface area contributed by atoms with Crippen LogP contribution in [0, 0.1) is 0 Å². The summed E-state index contributed by atoms with van der Waals surface area (Å²) in [7, 11) is -2.30. The van der Waals surface area contributed by atoms with E-state index in [9.17, 15) is 13.2 Å². The Bertz CT molecular complexity index is 217. The van der Waals surface area contributed by atoms with Crippen molar-refractivity contribution in [2.75, 3.05) is 13.6 Å². The van der Waals surface area contributed by atoms with E-state index in [0.29, 0.717) is 0 Å². The van der Waals surface area contributed by atoms with Crippen LogP contribution in [0.2, 0.25) is 0 Å². The average molecular weight is 206 g/mol. The van der Waals surface area contributed by atoms with Crippen LogP contribution >= 0.6 is 0 Å². The van der Waals surface area contributed by atoms with Crippen molar-refractivity contribution in [1.29, 1.82) is 0 Å². The standard InChI is InChI=1S/C4H11NO.C2HF3O2/c1-4(5)3-6-2;3-2(4,5)1(6)7/h4H,3,5H2,1-2H3;(H,6,7)/t4-;/m0./s1/i2D3;. The van der Waals surface area contributed by atoms with Crippen LogP contribution in [0.15, 0.2) is 0 Å². The Morgan fingerprint density at radius 3 is 2.23 bits per heavy atom. The lowest BCUT2D eigenvalue weighted by atomic mass is 10.4. The van der Waals surface area contributed by atoms with Gasteiger partial charge in [0.05, 0.1) is 10.7 Å². The number of carboxylic acids is 1. The van der Waals surface area contributed by atoms with Crippen molar-refractivity contribution in [2.45, 2.75) is 19.1 Å². The first-order chi connectivity index (χ1) is 6.86. The van der Waals surface area contributed by atoms with E-state index in [1.807, 2.05) is 0 Å². The van der Waals surface area contributed by atoms with Crippen molar-refractivity contribution in [1.82, 2.24) is 0 Å². The van der Waals surface area contributed by atoms with Crippen LogP contribution in [0.5, 0.6) is 0 Å². The SMILES string of the molecule is O=C(O)C(F)(F)F.[2H]C([2H])([2H])OC[C@H](C)N. The summed E-state index contributed by atoms with van der Waals surface area (Å²) in [6, 6.07) is -0.217. The van der Waals surface area contributed by atoms with E-state index in [0.717, 1.165) is 0 Å². The number of methoxy groups -OCH3 is 1. The van der Waals surface area contributed by atoms with Crippen LogP contribution in [0.4, 0.5) is 13.2 Å². The van der Waals surface area contributed by atoms with Crippen molar-refractivity contribution in [3.63, 3.8) is 0 Å². The number of halogens is 3. The number of hydrogen-bond donors (Lipinski definition) is 2. The van der Waals surface area contributed by atoms with Crippen LogP contribution in [-0.4, -0.2) is 36.9 Å². The molecule has 80 valence electrons. The number of rotatable bonds is 2. The Hall–Kier alpha value is -0.820. The van der Waals surface area contributed by atoms with Gasteiger partial charge in [0.2, 0.25) is 0 Å². The quantitative estimate of drug-likeness (QED) is 0.694. The molecule has 0 aliphatic heterocycles. The molecule has 0 aromatic carbocycles. The van der Waals surface area contributed by atoms with Gasteiger partial charge in [-0.15, -0.1) is 0 Å². The fourth-order valence-corrected chi connectivity index (χ4v) is 0.131. The maximum absolute atomic E-state index is 10.6. The highest BCUT2D eigenvalue weighted by atomic mass is 19.4. The predicted molar refractivity (Wildman–Crippen MR) is 39.2 cm³/mol. The molecule has 4 nitrogen and oxygen atoms in total. The molecule has 3 N–H and O–H groups in total. The molecule has 0 aromatic rings. The molecule has 0 aliphatic carbocycles. The summed E-state index contributed by atoms with van der Waals surface area (Å²) in [4.78, 5) is 8.90.